The molecule has 122 valence electrons. The lowest BCUT2D eigenvalue weighted by Crippen LogP contribution is -2.36. The van der Waals surface area contributed by atoms with Gasteiger partial charge in [0.15, 0.2) is 0 Å². The van der Waals surface area contributed by atoms with Crippen molar-refractivity contribution in [2.45, 2.75) is 12.5 Å². The van der Waals surface area contributed by atoms with Crippen LogP contribution < -0.4 is 10.2 Å². The number of hydrogen-bond acceptors (Lipinski definition) is 2. The lowest BCUT2D eigenvalue weighted by atomic mass is 10.2. The Hall–Kier alpha value is -2.95. The summed E-state index contributed by atoms with van der Waals surface area (Å²) in [6, 6.07) is 15.0. The van der Waals surface area contributed by atoms with Gasteiger partial charge in [-0.05, 0) is 35.9 Å². The number of halogens is 1. The third-order valence-corrected chi connectivity index (χ3v) is 3.84. The summed E-state index contributed by atoms with van der Waals surface area (Å²) < 4.78 is 13.0. The van der Waals surface area contributed by atoms with Crippen LogP contribution in [0.5, 0.6) is 0 Å². The second-order valence-corrected chi connectivity index (χ2v) is 5.63. The number of anilines is 1. The minimum absolute atomic E-state index is 0.0843. The highest BCUT2D eigenvalue weighted by Crippen LogP contribution is 2.21. The summed E-state index contributed by atoms with van der Waals surface area (Å²) in [6.45, 7) is 0.384. The van der Waals surface area contributed by atoms with Crippen molar-refractivity contribution in [3.63, 3.8) is 0 Å². The van der Waals surface area contributed by atoms with Crippen LogP contribution in [0.2, 0.25) is 0 Å². The molecule has 0 spiro atoms. The van der Waals surface area contributed by atoms with Gasteiger partial charge < -0.3 is 10.2 Å². The lowest BCUT2D eigenvalue weighted by Gasteiger charge is -2.16. The molecule has 0 radical (unpaired) electrons. The van der Waals surface area contributed by atoms with Gasteiger partial charge in [-0.15, -0.1) is 0 Å². The highest BCUT2D eigenvalue weighted by molar-refractivity contribution is 5.98. The molecule has 3 rings (SSSR count). The second-order valence-electron chi connectivity index (χ2n) is 5.63. The number of amides is 2. The molecule has 0 saturated carbocycles. The quantitative estimate of drug-likeness (QED) is 0.879. The van der Waals surface area contributed by atoms with Gasteiger partial charge in [-0.3, -0.25) is 9.59 Å². The van der Waals surface area contributed by atoms with Crippen LogP contribution in [0.4, 0.5) is 10.1 Å². The van der Waals surface area contributed by atoms with E-state index >= 15 is 0 Å². The first-order valence-corrected chi connectivity index (χ1v) is 7.71. The Bertz CT molecular complexity index is 757. The van der Waals surface area contributed by atoms with E-state index in [4.69, 9.17) is 0 Å². The first-order valence-electron chi connectivity index (χ1n) is 7.71. The molecule has 4 nitrogen and oxygen atoms in total. The smallest absolute Gasteiger partial charge is 0.244 e. The first kappa shape index (κ1) is 15.9. The van der Waals surface area contributed by atoms with Crippen LogP contribution in [0, 0.1) is 5.82 Å². The van der Waals surface area contributed by atoms with Crippen molar-refractivity contribution < 1.29 is 14.0 Å². The minimum Gasteiger partial charge on any atom is -0.347 e. The average Bonchev–Trinajstić information content (AvgIpc) is 2.95. The molecular formula is C19H17FN2O2. The summed E-state index contributed by atoms with van der Waals surface area (Å²) >= 11 is 0. The van der Waals surface area contributed by atoms with Crippen molar-refractivity contribution in [3.05, 3.63) is 72.1 Å². The van der Waals surface area contributed by atoms with Gasteiger partial charge in [-0.25, -0.2) is 4.39 Å². The van der Waals surface area contributed by atoms with Crippen molar-refractivity contribution in [3.8, 4) is 0 Å². The van der Waals surface area contributed by atoms with E-state index in [1.807, 2.05) is 30.3 Å². The predicted molar refractivity (Wildman–Crippen MR) is 90.8 cm³/mol. The van der Waals surface area contributed by atoms with Crippen LogP contribution in [0.25, 0.3) is 6.08 Å². The Morgan fingerprint density at radius 3 is 2.54 bits per heavy atom. The van der Waals surface area contributed by atoms with E-state index in [2.05, 4.69) is 5.32 Å². The van der Waals surface area contributed by atoms with Gasteiger partial charge >= 0.3 is 0 Å². The first-order chi connectivity index (χ1) is 11.6. The topological polar surface area (TPSA) is 49.4 Å². The molecule has 0 aromatic heterocycles. The molecule has 24 heavy (non-hydrogen) atoms. The molecule has 0 aliphatic carbocycles. The maximum atomic E-state index is 13.0. The van der Waals surface area contributed by atoms with E-state index < -0.39 is 0 Å². The summed E-state index contributed by atoms with van der Waals surface area (Å²) in [5.41, 5.74) is 1.57. The normalized spacial score (nSPS) is 17.5. The van der Waals surface area contributed by atoms with Crippen molar-refractivity contribution >= 4 is 23.6 Å². The zero-order valence-corrected chi connectivity index (χ0v) is 13.0. The third kappa shape index (κ3) is 3.87. The van der Waals surface area contributed by atoms with Crippen LogP contribution in [0.1, 0.15) is 12.0 Å². The van der Waals surface area contributed by atoms with E-state index in [1.54, 1.807) is 23.1 Å². The molecule has 1 fully saturated rings. The van der Waals surface area contributed by atoms with E-state index in [0.29, 0.717) is 12.2 Å². The number of nitrogens with zero attached hydrogens (tertiary/aromatic N) is 1. The Morgan fingerprint density at radius 1 is 1.12 bits per heavy atom. The zero-order valence-electron chi connectivity index (χ0n) is 13.0. The largest absolute Gasteiger partial charge is 0.347 e. The number of rotatable bonds is 4. The molecule has 5 heteroatoms. The molecule has 2 aromatic rings. The zero-order chi connectivity index (χ0) is 16.9. The van der Waals surface area contributed by atoms with Crippen molar-refractivity contribution in [2.24, 2.45) is 0 Å². The fourth-order valence-corrected chi connectivity index (χ4v) is 2.66. The van der Waals surface area contributed by atoms with Gasteiger partial charge in [0.2, 0.25) is 11.8 Å². The molecular weight excluding hydrogens is 307 g/mol. The number of hydrogen-bond donors (Lipinski definition) is 1. The van der Waals surface area contributed by atoms with E-state index in [9.17, 15) is 14.0 Å². The van der Waals surface area contributed by atoms with Gasteiger partial charge in [0.25, 0.3) is 0 Å². The maximum absolute atomic E-state index is 13.0. The van der Waals surface area contributed by atoms with Gasteiger partial charge in [0.05, 0.1) is 6.04 Å². The van der Waals surface area contributed by atoms with Gasteiger partial charge in [0.1, 0.15) is 5.82 Å². The molecule has 1 aliphatic heterocycles. The van der Waals surface area contributed by atoms with Crippen LogP contribution in [-0.4, -0.2) is 24.4 Å². The van der Waals surface area contributed by atoms with Crippen molar-refractivity contribution in [2.75, 3.05) is 11.4 Å². The fraction of sp³-hybridized carbons (Fsp3) is 0.158. The Morgan fingerprint density at radius 2 is 1.83 bits per heavy atom. The van der Waals surface area contributed by atoms with Crippen molar-refractivity contribution in [1.29, 1.82) is 0 Å². The monoisotopic (exact) mass is 324 g/mol. The standard InChI is InChI=1S/C19H17FN2O2/c20-15-7-9-17(10-8-15)22-13-16(12-19(22)24)21-18(23)11-6-14-4-2-1-3-5-14/h1-11,16H,12-13H2,(H,21,23). The molecule has 1 heterocycles. The Balaban J connectivity index is 1.59. The van der Waals surface area contributed by atoms with Crippen LogP contribution >= 0.6 is 0 Å². The highest BCUT2D eigenvalue weighted by Gasteiger charge is 2.31. The lowest BCUT2D eigenvalue weighted by molar-refractivity contribution is -0.117. The Kier molecular flexibility index (Phi) is 4.70. The number of carbonyl (C=O) groups excluding carboxylic acids is 2. The Labute approximate surface area is 139 Å². The van der Waals surface area contributed by atoms with E-state index in [-0.39, 0.29) is 30.1 Å². The number of benzene rings is 2. The third-order valence-electron chi connectivity index (χ3n) is 3.84. The van der Waals surface area contributed by atoms with Gasteiger partial charge in [-0.1, -0.05) is 30.3 Å². The molecule has 1 saturated heterocycles. The number of carbonyl (C=O) groups is 2. The van der Waals surface area contributed by atoms with E-state index in [0.717, 1.165) is 5.56 Å². The summed E-state index contributed by atoms with van der Waals surface area (Å²) in [7, 11) is 0. The van der Waals surface area contributed by atoms with Crippen LogP contribution in [0.15, 0.2) is 60.7 Å². The minimum atomic E-state index is -0.346. The number of nitrogens with one attached hydrogen (secondary N) is 1. The molecule has 1 atom stereocenters. The summed E-state index contributed by atoms with van der Waals surface area (Å²) in [4.78, 5) is 25.6. The molecule has 1 N–H and O–H groups in total. The molecule has 0 bridgehead atoms. The predicted octanol–water partition coefficient (Wildman–Crippen LogP) is 2.76. The molecule has 2 amide bonds. The summed E-state index contributed by atoms with van der Waals surface area (Å²) in [6.07, 6.45) is 3.42. The highest BCUT2D eigenvalue weighted by atomic mass is 19.1. The second kappa shape index (κ2) is 7.08. The van der Waals surface area contributed by atoms with Gasteiger partial charge in [0, 0.05) is 24.7 Å². The SMILES string of the molecule is O=C(C=Cc1ccccc1)NC1CC(=O)N(c2ccc(F)cc2)C1. The molecule has 1 unspecified atom stereocenters. The van der Waals surface area contributed by atoms with Gasteiger partial charge in [-0.2, -0.15) is 0 Å². The molecule has 1 aliphatic rings. The van der Waals surface area contributed by atoms with E-state index in [1.165, 1.54) is 18.2 Å². The summed E-state index contributed by atoms with van der Waals surface area (Å²) in [5.74, 6) is -0.669. The molecule has 2 aromatic carbocycles. The van der Waals surface area contributed by atoms with Crippen molar-refractivity contribution in [1.82, 2.24) is 5.32 Å². The average molecular weight is 324 g/mol. The van der Waals surface area contributed by atoms with Crippen LogP contribution in [-0.2, 0) is 9.59 Å². The maximum Gasteiger partial charge on any atom is 0.244 e. The fourth-order valence-electron chi connectivity index (χ4n) is 2.66. The summed E-state index contributed by atoms with van der Waals surface area (Å²) in [5, 5.41) is 2.83. The van der Waals surface area contributed by atoms with Crippen LogP contribution in [0.3, 0.4) is 0 Å².